The zero-order valence-corrected chi connectivity index (χ0v) is 12.1. The summed E-state index contributed by atoms with van der Waals surface area (Å²) in [6.45, 7) is 4.07. The van der Waals surface area contributed by atoms with E-state index in [1.807, 2.05) is 0 Å². The van der Waals surface area contributed by atoms with Gasteiger partial charge in [0.05, 0.1) is 23.3 Å². The van der Waals surface area contributed by atoms with Crippen LogP contribution >= 0.6 is 23.2 Å². The number of halogens is 2. The largest absolute Gasteiger partial charge is 0.380 e. The first-order chi connectivity index (χ1) is 9.00. The fraction of sp³-hybridized carbons (Fsp3) is 0.357. The molecule has 1 heterocycles. The lowest BCUT2D eigenvalue weighted by Crippen LogP contribution is -2.48. The molecule has 0 bridgehead atoms. The van der Waals surface area contributed by atoms with Crippen molar-refractivity contribution in [3.63, 3.8) is 0 Å². The first-order valence-corrected chi connectivity index (χ1v) is 6.73. The first kappa shape index (κ1) is 14.4. The minimum atomic E-state index is -0.149. The molecule has 0 unspecified atom stereocenters. The number of rotatable bonds is 4. The zero-order chi connectivity index (χ0) is 13.9. The molecule has 2 rings (SSSR count). The van der Waals surface area contributed by atoms with Gasteiger partial charge in [-0.25, -0.2) is 0 Å². The van der Waals surface area contributed by atoms with Crippen LogP contribution in [0.2, 0.25) is 10.0 Å². The summed E-state index contributed by atoms with van der Waals surface area (Å²) in [4.78, 5) is 11.7. The molecule has 1 aromatic rings. The summed E-state index contributed by atoms with van der Waals surface area (Å²) in [6.07, 6.45) is 3.11. The van der Waals surface area contributed by atoms with Gasteiger partial charge in [0, 0.05) is 18.0 Å². The third-order valence-corrected chi connectivity index (χ3v) is 3.82. The van der Waals surface area contributed by atoms with Gasteiger partial charge >= 0.3 is 0 Å². The Morgan fingerprint density at radius 2 is 2.21 bits per heavy atom. The molecular formula is C14H15Cl2NO2. The monoisotopic (exact) mass is 299 g/mol. The molecule has 1 amide bonds. The summed E-state index contributed by atoms with van der Waals surface area (Å²) in [5.41, 5.74) is 0.791. The molecule has 102 valence electrons. The molecule has 0 atom stereocenters. The Morgan fingerprint density at radius 3 is 2.84 bits per heavy atom. The van der Waals surface area contributed by atoms with Gasteiger partial charge in [-0.2, -0.15) is 0 Å². The minimum absolute atomic E-state index is 0.0667. The zero-order valence-electron chi connectivity index (χ0n) is 10.6. The van der Waals surface area contributed by atoms with Crippen molar-refractivity contribution in [1.29, 1.82) is 0 Å². The van der Waals surface area contributed by atoms with E-state index in [0.29, 0.717) is 29.8 Å². The van der Waals surface area contributed by atoms with E-state index >= 15 is 0 Å². The maximum absolute atomic E-state index is 11.7. The third kappa shape index (κ3) is 3.72. The lowest BCUT2D eigenvalue weighted by Gasteiger charge is -2.37. The number of benzene rings is 1. The van der Waals surface area contributed by atoms with Gasteiger partial charge in [-0.1, -0.05) is 42.3 Å². The fourth-order valence-corrected chi connectivity index (χ4v) is 2.10. The van der Waals surface area contributed by atoms with Crippen molar-refractivity contribution in [2.45, 2.75) is 6.92 Å². The van der Waals surface area contributed by atoms with Crippen molar-refractivity contribution >= 4 is 35.2 Å². The second-order valence-corrected chi connectivity index (χ2v) is 5.78. The second kappa shape index (κ2) is 5.95. The Kier molecular flexibility index (Phi) is 4.50. The summed E-state index contributed by atoms with van der Waals surface area (Å²) in [6, 6.07) is 5.30. The Labute approximate surface area is 122 Å². The summed E-state index contributed by atoms with van der Waals surface area (Å²) in [5, 5.41) is 3.77. The van der Waals surface area contributed by atoms with Crippen LogP contribution in [0.3, 0.4) is 0 Å². The number of hydrogen-bond acceptors (Lipinski definition) is 2. The average molecular weight is 300 g/mol. The van der Waals surface area contributed by atoms with Crippen LogP contribution < -0.4 is 5.32 Å². The van der Waals surface area contributed by atoms with E-state index in [1.165, 1.54) is 6.08 Å². The van der Waals surface area contributed by atoms with Gasteiger partial charge in [0.15, 0.2) is 0 Å². The number of carbonyl (C=O) groups excluding carboxylic acids is 1. The van der Waals surface area contributed by atoms with E-state index in [-0.39, 0.29) is 11.3 Å². The van der Waals surface area contributed by atoms with Crippen molar-refractivity contribution in [2.75, 3.05) is 19.8 Å². The van der Waals surface area contributed by atoms with Gasteiger partial charge in [0.1, 0.15) is 0 Å². The molecule has 3 nitrogen and oxygen atoms in total. The molecule has 1 aliphatic rings. The highest BCUT2D eigenvalue weighted by Crippen LogP contribution is 2.26. The van der Waals surface area contributed by atoms with Crippen molar-refractivity contribution in [3.8, 4) is 0 Å². The van der Waals surface area contributed by atoms with Crippen LogP contribution in [0.5, 0.6) is 0 Å². The molecule has 0 spiro atoms. The molecule has 0 radical (unpaired) electrons. The molecule has 5 heteroatoms. The van der Waals surface area contributed by atoms with Gasteiger partial charge in [-0.3, -0.25) is 4.79 Å². The average Bonchev–Trinajstić information content (AvgIpc) is 2.36. The Morgan fingerprint density at radius 1 is 1.47 bits per heavy atom. The lowest BCUT2D eigenvalue weighted by atomic mass is 9.89. The number of hydrogen-bond donors (Lipinski definition) is 1. The molecule has 1 aliphatic heterocycles. The van der Waals surface area contributed by atoms with E-state index in [9.17, 15) is 4.79 Å². The fourth-order valence-electron chi connectivity index (χ4n) is 1.73. The molecule has 1 aromatic carbocycles. The van der Waals surface area contributed by atoms with E-state index in [1.54, 1.807) is 24.3 Å². The lowest BCUT2D eigenvalue weighted by molar-refractivity contribution is -0.122. The molecule has 19 heavy (non-hydrogen) atoms. The van der Waals surface area contributed by atoms with Gasteiger partial charge in [-0.15, -0.1) is 0 Å². The predicted molar refractivity (Wildman–Crippen MR) is 77.4 cm³/mol. The van der Waals surface area contributed by atoms with Crippen LogP contribution in [-0.4, -0.2) is 25.7 Å². The summed E-state index contributed by atoms with van der Waals surface area (Å²) < 4.78 is 5.13. The Hall–Kier alpha value is -1.03. The topological polar surface area (TPSA) is 38.3 Å². The van der Waals surface area contributed by atoms with E-state index in [0.717, 1.165) is 5.56 Å². The molecule has 0 aliphatic carbocycles. The van der Waals surface area contributed by atoms with Gasteiger partial charge in [0.2, 0.25) is 5.91 Å². The van der Waals surface area contributed by atoms with Crippen molar-refractivity contribution in [3.05, 3.63) is 39.9 Å². The second-order valence-electron chi connectivity index (χ2n) is 5.00. The standard InChI is InChI=1S/C14H15Cl2NO2/c1-14(8-19-9-14)7-17-12(18)6-5-10-3-2-4-11(15)13(10)16/h2-6H,7-9H2,1H3,(H,17,18). The van der Waals surface area contributed by atoms with E-state index in [4.69, 9.17) is 27.9 Å². The van der Waals surface area contributed by atoms with Crippen molar-refractivity contribution in [2.24, 2.45) is 5.41 Å². The van der Waals surface area contributed by atoms with Crippen molar-refractivity contribution in [1.82, 2.24) is 5.32 Å². The highest BCUT2D eigenvalue weighted by Gasteiger charge is 2.33. The summed E-state index contributed by atoms with van der Waals surface area (Å²) in [7, 11) is 0. The molecule has 0 aromatic heterocycles. The van der Waals surface area contributed by atoms with E-state index in [2.05, 4.69) is 12.2 Å². The van der Waals surface area contributed by atoms with Gasteiger partial charge < -0.3 is 10.1 Å². The van der Waals surface area contributed by atoms with Crippen LogP contribution in [0.4, 0.5) is 0 Å². The minimum Gasteiger partial charge on any atom is -0.380 e. The van der Waals surface area contributed by atoms with Crippen LogP contribution in [0, 0.1) is 5.41 Å². The van der Waals surface area contributed by atoms with Crippen molar-refractivity contribution < 1.29 is 9.53 Å². The number of ether oxygens (including phenoxy) is 1. The quantitative estimate of drug-likeness (QED) is 0.867. The van der Waals surface area contributed by atoms with Crippen LogP contribution in [0.25, 0.3) is 6.08 Å². The van der Waals surface area contributed by atoms with Crippen LogP contribution in [0.1, 0.15) is 12.5 Å². The van der Waals surface area contributed by atoms with Gasteiger partial charge in [-0.05, 0) is 17.7 Å². The number of nitrogens with one attached hydrogen (secondary N) is 1. The normalized spacial score (nSPS) is 17.2. The first-order valence-electron chi connectivity index (χ1n) is 5.98. The van der Waals surface area contributed by atoms with Gasteiger partial charge in [0.25, 0.3) is 0 Å². The maximum Gasteiger partial charge on any atom is 0.244 e. The number of amides is 1. The Bertz CT molecular complexity index is 510. The molecule has 1 N–H and O–H groups in total. The summed E-state index contributed by atoms with van der Waals surface area (Å²) in [5.74, 6) is -0.149. The number of carbonyl (C=O) groups is 1. The van der Waals surface area contributed by atoms with E-state index < -0.39 is 0 Å². The molecule has 1 fully saturated rings. The predicted octanol–water partition coefficient (Wildman–Crippen LogP) is 3.16. The maximum atomic E-state index is 11.7. The molecule has 1 saturated heterocycles. The third-order valence-electron chi connectivity index (χ3n) is 2.99. The molecular weight excluding hydrogens is 285 g/mol. The van der Waals surface area contributed by atoms with Crippen LogP contribution in [-0.2, 0) is 9.53 Å². The Balaban J connectivity index is 1.91. The highest BCUT2D eigenvalue weighted by atomic mass is 35.5. The summed E-state index contributed by atoms with van der Waals surface area (Å²) >= 11 is 11.9. The smallest absolute Gasteiger partial charge is 0.244 e. The molecule has 0 saturated carbocycles. The SMILES string of the molecule is CC1(CNC(=O)C=Cc2cccc(Cl)c2Cl)COC1. The highest BCUT2D eigenvalue weighted by molar-refractivity contribution is 6.42. The van der Waals surface area contributed by atoms with Crippen LogP contribution in [0.15, 0.2) is 24.3 Å².